The van der Waals surface area contributed by atoms with Crippen molar-refractivity contribution in [2.24, 2.45) is 17.3 Å². The molecule has 0 N–H and O–H groups in total. The molecule has 0 aromatic carbocycles. The summed E-state index contributed by atoms with van der Waals surface area (Å²) in [4.78, 5) is 0. The Bertz CT molecular complexity index is 393. The van der Waals surface area contributed by atoms with Gasteiger partial charge in [0.1, 0.15) is 5.75 Å². The summed E-state index contributed by atoms with van der Waals surface area (Å²) >= 11 is 0. The third kappa shape index (κ3) is 3.05. The van der Waals surface area contributed by atoms with Gasteiger partial charge >= 0.3 is 10.2 Å². The Morgan fingerprint density at radius 3 is 2.72 bits per heavy atom. The zero-order chi connectivity index (χ0) is 13.4. The molecule has 1 heterocycles. The predicted octanol–water partition coefficient (Wildman–Crippen LogP) is 2.91. The molecule has 3 unspecified atom stereocenters. The first-order valence-electron chi connectivity index (χ1n) is 6.86. The van der Waals surface area contributed by atoms with Gasteiger partial charge in [-0.1, -0.05) is 26.7 Å². The van der Waals surface area contributed by atoms with Crippen molar-refractivity contribution >= 4 is 10.2 Å². The van der Waals surface area contributed by atoms with Crippen molar-refractivity contribution in [2.45, 2.75) is 52.1 Å². The lowest BCUT2D eigenvalue weighted by Crippen LogP contribution is -2.40. The zero-order valence-electron chi connectivity index (χ0n) is 11.2. The van der Waals surface area contributed by atoms with E-state index in [4.69, 9.17) is 4.74 Å². The Labute approximate surface area is 109 Å². The molecule has 0 bridgehead atoms. The number of ether oxygens (including phenoxy) is 1. The molecule has 0 aromatic heterocycles. The van der Waals surface area contributed by atoms with Gasteiger partial charge in [0, 0.05) is 12.0 Å². The number of hydrogen-bond acceptors (Lipinski definition) is 3. The minimum atomic E-state index is -4.45. The highest BCUT2D eigenvalue weighted by Crippen LogP contribution is 2.50. The summed E-state index contributed by atoms with van der Waals surface area (Å²) in [6, 6.07) is 0. The molecule has 1 saturated carbocycles. The fourth-order valence-corrected chi connectivity index (χ4v) is 4.49. The lowest BCUT2D eigenvalue weighted by molar-refractivity contribution is 0.0208. The van der Waals surface area contributed by atoms with E-state index in [1.165, 1.54) is 6.42 Å². The van der Waals surface area contributed by atoms with Crippen molar-refractivity contribution in [3.05, 3.63) is 0 Å². The first kappa shape index (κ1) is 14.3. The lowest BCUT2D eigenvalue weighted by atomic mass is 9.64. The number of hydrogen-bond donors (Lipinski definition) is 0. The molecule has 18 heavy (non-hydrogen) atoms. The molecular weight excluding hydrogens is 255 g/mol. The third-order valence-corrected chi connectivity index (χ3v) is 5.51. The van der Waals surface area contributed by atoms with E-state index >= 15 is 0 Å². The highest BCUT2D eigenvalue weighted by molar-refractivity contribution is 7.86. The first-order chi connectivity index (χ1) is 8.32. The minimum absolute atomic E-state index is 0.0909. The van der Waals surface area contributed by atoms with Crippen LogP contribution in [0.3, 0.4) is 0 Å². The van der Waals surface area contributed by atoms with Crippen LogP contribution in [-0.4, -0.2) is 26.9 Å². The number of rotatable bonds is 3. The molecular formula is C13H23FO3S. The van der Waals surface area contributed by atoms with Crippen LogP contribution in [0.15, 0.2) is 0 Å². The minimum Gasteiger partial charge on any atom is -0.376 e. The van der Waals surface area contributed by atoms with Crippen LogP contribution in [0.1, 0.15) is 46.0 Å². The second-order valence-corrected chi connectivity index (χ2v) is 7.69. The van der Waals surface area contributed by atoms with Crippen LogP contribution >= 0.6 is 0 Å². The summed E-state index contributed by atoms with van der Waals surface area (Å²) < 4.78 is 40.2. The van der Waals surface area contributed by atoms with E-state index in [0.717, 1.165) is 25.7 Å². The zero-order valence-corrected chi connectivity index (χ0v) is 12.0. The molecule has 2 aliphatic rings. The molecule has 2 fully saturated rings. The van der Waals surface area contributed by atoms with Crippen molar-refractivity contribution in [2.75, 3.05) is 12.4 Å². The smallest absolute Gasteiger partial charge is 0.304 e. The van der Waals surface area contributed by atoms with Gasteiger partial charge in [-0.05, 0) is 31.1 Å². The van der Waals surface area contributed by atoms with Crippen LogP contribution in [0.2, 0.25) is 0 Å². The van der Waals surface area contributed by atoms with Crippen molar-refractivity contribution in [1.29, 1.82) is 0 Å². The molecule has 3 atom stereocenters. The summed E-state index contributed by atoms with van der Waals surface area (Å²) in [6.07, 6.45) is 4.73. The van der Waals surface area contributed by atoms with E-state index in [9.17, 15) is 12.3 Å². The third-order valence-electron chi connectivity index (χ3n) is 4.81. The average Bonchev–Trinajstić information content (AvgIpc) is 2.59. The maximum absolute atomic E-state index is 12.9. The van der Waals surface area contributed by atoms with Gasteiger partial charge in [-0.15, -0.1) is 3.89 Å². The standard InChI is InChI=1S/C13H23FO3S/c1-10(2)11-4-3-5-13(8-11)6-7-17-12(13)9-18(14,15)16/h10-12H,3-9H2,1-2H3. The first-order valence-corrected chi connectivity index (χ1v) is 8.42. The Hall–Kier alpha value is -0.160. The molecule has 3 nitrogen and oxygen atoms in total. The Morgan fingerprint density at radius 2 is 2.11 bits per heavy atom. The Balaban J connectivity index is 2.13. The molecule has 2 rings (SSSR count). The molecule has 1 aliphatic carbocycles. The Morgan fingerprint density at radius 1 is 1.39 bits per heavy atom. The van der Waals surface area contributed by atoms with Gasteiger partial charge in [0.15, 0.2) is 0 Å². The van der Waals surface area contributed by atoms with Gasteiger partial charge in [0.2, 0.25) is 0 Å². The maximum Gasteiger partial charge on any atom is 0.304 e. The monoisotopic (exact) mass is 278 g/mol. The Kier molecular flexibility index (Phi) is 4.02. The van der Waals surface area contributed by atoms with Crippen LogP contribution in [0.5, 0.6) is 0 Å². The van der Waals surface area contributed by atoms with Crippen molar-refractivity contribution in [3.8, 4) is 0 Å². The van der Waals surface area contributed by atoms with E-state index in [1.54, 1.807) is 0 Å². The van der Waals surface area contributed by atoms with E-state index in [1.807, 2.05) is 0 Å². The maximum atomic E-state index is 12.9. The van der Waals surface area contributed by atoms with E-state index < -0.39 is 22.1 Å². The quantitative estimate of drug-likeness (QED) is 0.746. The van der Waals surface area contributed by atoms with Crippen LogP contribution in [0, 0.1) is 17.3 Å². The largest absolute Gasteiger partial charge is 0.376 e. The van der Waals surface area contributed by atoms with Gasteiger partial charge in [-0.2, -0.15) is 8.42 Å². The molecule has 0 aromatic rings. The fraction of sp³-hybridized carbons (Fsp3) is 1.00. The van der Waals surface area contributed by atoms with Crippen LogP contribution in [0.25, 0.3) is 0 Å². The van der Waals surface area contributed by atoms with Crippen LogP contribution < -0.4 is 0 Å². The lowest BCUT2D eigenvalue weighted by Gasteiger charge is -2.42. The summed E-state index contributed by atoms with van der Waals surface area (Å²) in [7, 11) is -4.45. The van der Waals surface area contributed by atoms with Gasteiger partial charge in [0.05, 0.1) is 6.10 Å². The SMILES string of the molecule is CC(C)C1CCCC2(CCOC2CS(=O)(=O)F)C1. The van der Waals surface area contributed by atoms with Gasteiger partial charge in [-0.25, -0.2) is 0 Å². The van der Waals surface area contributed by atoms with Crippen molar-refractivity contribution in [3.63, 3.8) is 0 Å². The second kappa shape index (κ2) is 5.08. The van der Waals surface area contributed by atoms with Crippen LogP contribution in [0.4, 0.5) is 3.89 Å². The average molecular weight is 278 g/mol. The van der Waals surface area contributed by atoms with E-state index in [2.05, 4.69) is 13.8 Å². The van der Waals surface area contributed by atoms with Crippen LogP contribution in [-0.2, 0) is 15.0 Å². The molecule has 0 radical (unpaired) electrons. The van der Waals surface area contributed by atoms with Gasteiger partial charge in [-0.3, -0.25) is 0 Å². The molecule has 5 heteroatoms. The molecule has 1 saturated heterocycles. The van der Waals surface area contributed by atoms with Gasteiger partial charge in [0.25, 0.3) is 0 Å². The highest BCUT2D eigenvalue weighted by Gasteiger charge is 2.48. The summed E-state index contributed by atoms with van der Waals surface area (Å²) in [6.45, 7) is 4.99. The summed E-state index contributed by atoms with van der Waals surface area (Å²) in [5.74, 6) is 0.758. The van der Waals surface area contributed by atoms with Gasteiger partial charge < -0.3 is 4.74 Å². The van der Waals surface area contributed by atoms with E-state index in [0.29, 0.717) is 18.4 Å². The second-order valence-electron chi connectivity index (χ2n) is 6.28. The molecule has 1 spiro atoms. The molecule has 106 valence electrons. The summed E-state index contributed by atoms with van der Waals surface area (Å²) in [5, 5.41) is 0. The predicted molar refractivity (Wildman–Crippen MR) is 68.5 cm³/mol. The summed E-state index contributed by atoms with van der Waals surface area (Å²) in [5.41, 5.74) is -0.0909. The van der Waals surface area contributed by atoms with Crippen molar-refractivity contribution in [1.82, 2.24) is 0 Å². The van der Waals surface area contributed by atoms with E-state index in [-0.39, 0.29) is 5.41 Å². The fourth-order valence-electron chi connectivity index (χ4n) is 3.68. The van der Waals surface area contributed by atoms with Crippen molar-refractivity contribution < 1.29 is 17.0 Å². The number of halogens is 1. The molecule has 0 amide bonds. The highest BCUT2D eigenvalue weighted by atomic mass is 32.3. The topological polar surface area (TPSA) is 43.4 Å². The molecule has 1 aliphatic heterocycles. The normalized spacial score (nSPS) is 37.6.